The molecule has 2 fully saturated rings. The molecule has 0 aromatic heterocycles. The zero-order valence-electron chi connectivity index (χ0n) is 14.5. The summed E-state index contributed by atoms with van der Waals surface area (Å²) in [6.45, 7) is 6.93. The zero-order chi connectivity index (χ0) is 18.0. The maximum absolute atomic E-state index is 13.0. The van der Waals surface area contributed by atoms with Gasteiger partial charge in [-0.25, -0.2) is 13.2 Å². The van der Waals surface area contributed by atoms with Crippen LogP contribution in [0.2, 0.25) is 0 Å². The number of alkyl carbamates (subject to hydrolysis) is 1. The van der Waals surface area contributed by atoms with Crippen LogP contribution in [0.5, 0.6) is 0 Å². The maximum Gasteiger partial charge on any atom is 0.408 e. The van der Waals surface area contributed by atoms with Gasteiger partial charge in [-0.2, -0.15) is 0 Å². The molecule has 0 aromatic carbocycles. The summed E-state index contributed by atoms with van der Waals surface area (Å²) in [6.07, 6.45) is -0.585. The molecule has 0 unspecified atom stereocenters. The van der Waals surface area contributed by atoms with Crippen molar-refractivity contribution in [3.63, 3.8) is 0 Å². The molecular weight excluding hydrogens is 336 g/mol. The summed E-state index contributed by atoms with van der Waals surface area (Å²) in [7, 11) is -3.18. The predicted molar refractivity (Wildman–Crippen MR) is 87.4 cm³/mol. The van der Waals surface area contributed by atoms with Crippen molar-refractivity contribution in [1.82, 2.24) is 10.2 Å². The van der Waals surface area contributed by atoms with Crippen LogP contribution in [0.3, 0.4) is 0 Å². The van der Waals surface area contributed by atoms with E-state index in [1.54, 1.807) is 25.7 Å². The Bertz CT molecular complexity index is 576. The molecule has 2 saturated heterocycles. The molecule has 0 atom stereocenters. The monoisotopic (exact) mass is 362 g/mol. The smallest absolute Gasteiger partial charge is 0.408 e. The number of nitrogens with one attached hydrogen (secondary N) is 1. The lowest BCUT2D eigenvalue weighted by Gasteiger charge is -2.41. The van der Waals surface area contributed by atoms with Gasteiger partial charge in [0.15, 0.2) is 9.84 Å². The molecule has 1 N–H and O–H groups in total. The fourth-order valence-electron chi connectivity index (χ4n) is 2.85. The number of carbonyl (C=O) groups excluding carboxylic acids is 2. The molecule has 0 aliphatic carbocycles. The number of carbonyl (C=O) groups is 2. The first-order chi connectivity index (χ1) is 11.0. The third kappa shape index (κ3) is 4.83. The van der Waals surface area contributed by atoms with Gasteiger partial charge < -0.3 is 19.7 Å². The van der Waals surface area contributed by atoms with Crippen LogP contribution < -0.4 is 5.32 Å². The quantitative estimate of drug-likeness (QED) is 0.759. The largest absolute Gasteiger partial charge is 0.444 e. The molecule has 2 amide bonds. The molecule has 2 aliphatic rings. The summed E-state index contributed by atoms with van der Waals surface area (Å²) in [6, 6.07) is 0. The van der Waals surface area contributed by atoms with Crippen molar-refractivity contribution in [3.05, 3.63) is 0 Å². The Morgan fingerprint density at radius 3 is 2.17 bits per heavy atom. The summed E-state index contributed by atoms with van der Waals surface area (Å²) in [5, 5.41) is 2.67. The molecule has 0 radical (unpaired) electrons. The molecule has 0 aromatic rings. The van der Waals surface area contributed by atoms with E-state index in [1.807, 2.05) is 0 Å². The van der Waals surface area contributed by atoms with Crippen LogP contribution in [-0.4, -0.2) is 74.3 Å². The van der Waals surface area contributed by atoms with E-state index in [4.69, 9.17) is 9.47 Å². The van der Waals surface area contributed by atoms with Gasteiger partial charge in [-0.1, -0.05) is 0 Å². The predicted octanol–water partition coefficient (Wildman–Crippen LogP) is 0.317. The summed E-state index contributed by atoms with van der Waals surface area (Å²) in [5.74, 6) is -0.510. The summed E-state index contributed by atoms with van der Waals surface area (Å²) in [5.41, 5.74) is -1.93. The lowest BCUT2D eigenvalue weighted by Crippen LogP contribution is -2.64. The lowest BCUT2D eigenvalue weighted by molar-refractivity contribution is -0.143. The molecule has 9 heteroatoms. The SMILES string of the molecule is CC(C)(C)OC(=O)NC1(C(=O)N2CCOCC2)CCS(=O)(=O)CC1. The molecule has 8 nitrogen and oxygen atoms in total. The topological polar surface area (TPSA) is 102 Å². The van der Waals surface area contributed by atoms with Crippen LogP contribution >= 0.6 is 0 Å². The van der Waals surface area contributed by atoms with Gasteiger partial charge in [-0.15, -0.1) is 0 Å². The minimum Gasteiger partial charge on any atom is -0.444 e. The highest BCUT2D eigenvalue weighted by Crippen LogP contribution is 2.27. The van der Waals surface area contributed by atoms with Crippen LogP contribution in [0.15, 0.2) is 0 Å². The van der Waals surface area contributed by atoms with Crippen molar-refractivity contribution >= 4 is 21.8 Å². The first-order valence-electron chi connectivity index (χ1n) is 8.12. The van der Waals surface area contributed by atoms with Gasteiger partial charge in [0, 0.05) is 13.1 Å². The number of morpholine rings is 1. The molecule has 2 aliphatic heterocycles. The molecule has 2 rings (SSSR count). The average Bonchev–Trinajstić information content (AvgIpc) is 2.48. The number of hydrogen-bond donors (Lipinski definition) is 1. The summed E-state index contributed by atoms with van der Waals surface area (Å²) in [4.78, 5) is 26.8. The van der Waals surface area contributed by atoms with E-state index in [-0.39, 0.29) is 30.3 Å². The lowest BCUT2D eigenvalue weighted by atomic mass is 9.90. The normalized spacial score (nSPS) is 23.4. The summed E-state index contributed by atoms with van der Waals surface area (Å²) < 4.78 is 34.0. The van der Waals surface area contributed by atoms with Crippen molar-refractivity contribution in [3.8, 4) is 0 Å². The van der Waals surface area contributed by atoms with Crippen molar-refractivity contribution in [2.24, 2.45) is 0 Å². The van der Waals surface area contributed by atoms with Gasteiger partial charge in [0.05, 0.1) is 24.7 Å². The zero-order valence-corrected chi connectivity index (χ0v) is 15.3. The number of sulfone groups is 1. The van der Waals surface area contributed by atoms with Crippen molar-refractivity contribution in [2.75, 3.05) is 37.8 Å². The Morgan fingerprint density at radius 2 is 1.67 bits per heavy atom. The van der Waals surface area contributed by atoms with E-state index in [2.05, 4.69) is 5.32 Å². The number of amides is 2. The van der Waals surface area contributed by atoms with Gasteiger partial charge in [-0.3, -0.25) is 4.79 Å². The van der Waals surface area contributed by atoms with E-state index in [1.165, 1.54) is 0 Å². The first-order valence-corrected chi connectivity index (χ1v) is 9.94. The summed E-state index contributed by atoms with van der Waals surface area (Å²) >= 11 is 0. The van der Waals surface area contributed by atoms with Gasteiger partial charge in [0.2, 0.25) is 5.91 Å². The Labute approximate surface area is 142 Å². The van der Waals surface area contributed by atoms with E-state index in [0.29, 0.717) is 26.3 Å². The second kappa shape index (κ2) is 6.87. The highest BCUT2D eigenvalue weighted by molar-refractivity contribution is 7.91. The highest BCUT2D eigenvalue weighted by Gasteiger charge is 2.47. The number of ether oxygens (including phenoxy) is 2. The Hall–Kier alpha value is -1.35. The Balaban J connectivity index is 2.18. The van der Waals surface area contributed by atoms with Crippen molar-refractivity contribution < 1.29 is 27.5 Å². The third-order valence-electron chi connectivity index (χ3n) is 4.13. The van der Waals surface area contributed by atoms with Crippen molar-refractivity contribution in [1.29, 1.82) is 0 Å². The van der Waals surface area contributed by atoms with Crippen LogP contribution in [-0.2, 0) is 24.1 Å². The number of hydrogen-bond acceptors (Lipinski definition) is 6. The van der Waals surface area contributed by atoms with Gasteiger partial charge in [0.1, 0.15) is 11.1 Å². The standard InChI is InChI=1S/C15H26N2O6S/c1-14(2,3)23-13(19)16-15(4-10-24(20,21)11-5-15)12(18)17-6-8-22-9-7-17/h4-11H2,1-3H3,(H,16,19). The molecule has 138 valence electrons. The first kappa shape index (κ1) is 19.0. The number of nitrogens with zero attached hydrogens (tertiary/aromatic N) is 1. The fraction of sp³-hybridized carbons (Fsp3) is 0.867. The second-order valence-corrected chi connectivity index (χ2v) is 9.57. The van der Waals surface area contributed by atoms with Gasteiger partial charge >= 0.3 is 6.09 Å². The third-order valence-corrected chi connectivity index (χ3v) is 5.78. The van der Waals surface area contributed by atoms with E-state index >= 15 is 0 Å². The number of rotatable bonds is 2. The molecule has 2 heterocycles. The van der Waals surface area contributed by atoms with E-state index in [9.17, 15) is 18.0 Å². The van der Waals surface area contributed by atoms with Crippen LogP contribution in [0.4, 0.5) is 4.79 Å². The molecule has 0 saturated carbocycles. The minimum absolute atomic E-state index is 0.0603. The van der Waals surface area contributed by atoms with Crippen LogP contribution in [0.25, 0.3) is 0 Å². The Kier molecular flexibility index (Phi) is 5.44. The molecule has 0 bridgehead atoms. The maximum atomic E-state index is 13.0. The van der Waals surface area contributed by atoms with Gasteiger partial charge in [-0.05, 0) is 33.6 Å². The van der Waals surface area contributed by atoms with Crippen LogP contribution in [0.1, 0.15) is 33.6 Å². The van der Waals surface area contributed by atoms with Gasteiger partial charge in [0.25, 0.3) is 0 Å². The molecular formula is C15H26N2O6S. The van der Waals surface area contributed by atoms with Crippen LogP contribution in [0, 0.1) is 0 Å². The van der Waals surface area contributed by atoms with Crippen molar-refractivity contribution in [2.45, 2.75) is 44.8 Å². The molecule has 0 spiro atoms. The van der Waals surface area contributed by atoms with E-state index < -0.39 is 27.1 Å². The highest BCUT2D eigenvalue weighted by atomic mass is 32.2. The fourth-order valence-corrected chi connectivity index (χ4v) is 4.37. The second-order valence-electron chi connectivity index (χ2n) is 7.27. The van der Waals surface area contributed by atoms with E-state index in [0.717, 1.165) is 0 Å². The minimum atomic E-state index is -3.18. The average molecular weight is 362 g/mol. The Morgan fingerprint density at radius 1 is 1.12 bits per heavy atom. The molecule has 24 heavy (non-hydrogen) atoms.